The summed E-state index contributed by atoms with van der Waals surface area (Å²) < 4.78 is 62.3. The lowest BCUT2D eigenvalue weighted by Gasteiger charge is -2.26. The quantitative estimate of drug-likeness (QED) is 0.260. The summed E-state index contributed by atoms with van der Waals surface area (Å²) in [6.45, 7) is 6.70. The average Bonchev–Trinajstić information content (AvgIpc) is 3.49. The van der Waals surface area contributed by atoms with E-state index in [1.807, 2.05) is 25.1 Å². The molecule has 10 nitrogen and oxygen atoms in total. The number of sulfone groups is 1. The smallest absolute Gasteiger partial charge is 0.203 e. The Kier molecular flexibility index (Phi) is 11.6. The number of likely N-dealkylation sites (tertiary alicyclic amines) is 1. The minimum absolute atomic E-state index is 0.0403. The summed E-state index contributed by atoms with van der Waals surface area (Å²) >= 11 is 0. The van der Waals surface area contributed by atoms with Crippen molar-refractivity contribution in [2.24, 2.45) is 0 Å². The highest BCUT2D eigenvalue weighted by molar-refractivity contribution is 7.92. The van der Waals surface area contributed by atoms with Crippen molar-refractivity contribution in [1.82, 2.24) is 4.90 Å². The van der Waals surface area contributed by atoms with Gasteiger partial charge in [-0.3, -0.25) is 9.69 Å². The molecule has 0 aromatic heterocycles. The highest BCUT2D eigenvalue weighted by Gasteiger charge is 2.33. The Hall–Kier alpha value is -3.02. The molecule has 2 aromatic rings. The Morgan fingerprint density at radius 3 is 2.00 bits per heavy atom. The van der Waals surface area contributed by atoms with E-state index in [4.69, 9.17) is 28.4 Å². The minimum atomic E-state index is -4.00. The maximum atomic E-state index is 13.5. The van der Waals surface area contributed by atoms with Crippen LogP contribution in [0.15, 0.2) is 29.2 Å². The first-order valence-corrected chi connectivity index (χ1v) is 16.7. The van der Waals surface area contributed by atoms with Gasteiger partial charge in [-0.25, -0.2) is 8.42 Å². The van der Waals surface area contributed by atoms with Crippen molar-refractivity contribution in [2.45, 2.75) is 69.5 Å². The lowest BCUT2D eigenvalue weighted by molar-refractivity contribution is -0.114. The second-order valence-electron chi connectivity index (χ2n) is 11.1. The van der Waals surface area contributed by atoms with Gasteiger partial charge in [0.2, 0.25) is 5.75 Å². The highest BCUT2D eigenvalue weighted by Crippen LogP contribution is 2.48. The van der Waals surface area contributed by atoms with Crippen LogP contribution in [0.1, 0.15) is 75.7 Å². The van der Waals surface area contributed by atoms with Crippen molar-refractivity contribution < 1.29 is 41.6 Å². The molecular formula is C32H45NO9S. The SMILES string of the molecule is CCCOc1c(OCCN2CCCCC2)cc([C@H]2CC[C@H](c3cc(OC)c(OC)c(OC)c3)O2)cc1S(=O)(=O)CC(C)=O. The predicted octanol–water partition coefficient (Wildman–Crippen LogP) is 5.32. The monoisotopic (exact) mass is 619 g/mol. The van der Waals surface area contributed by atoms with Gasteiger partial charge in [-0.2, -0.15) is 0 Å². The molecule has 0 radical (unpaired) electrons. The molecular weight excluding hydrogens is 574 g/mol. The molecule has 0 aliphatic carbocycles. The van der Waals surface area contributed by atoms with Crippen molar-refractivity contribution in [2.75, 3.05) is 59.9 Å². The third kappa shape index (κ3) is 8.13. The average molecular weight is 620 g/mol. The van der Waals surface area contributed by atoms with Gasteiger partial charge >= 0.3 is 0 Å². The molecule has 0 bridgehead atoms. The standard InChI is InChI=1S/C32H45NO9S/c1-6-15-41-32-29(40-16-14-33-12-8-7-9-13-33)19-24(20-30(32)43(35,36)21-22(2)34)26-11-10-25(42-26)23-17-27(37-3)31(39-5)28(18-23)38-4/h17-20,25-26H,6-16,21H2,1-5H3/t25-,26-/m1/s1. The Balaban J connectivity index is 1.68. The molecule has 43 heavy (non-hydrogen) atoms. The van der Waals surface area contributed by atoms with E-state index in [0.717, 1.165) is 25.2 Å². The van der Waals surface area contributed by atoms with E-state index in [2.05, 4.69) is 4.90 Å². The number of hydrogen-bond acceptors (Lipinski definition) is 10. The van der Waals surface area contributed by atoms with Gasteiger partial charge in [-0.05, 0) is 87.5 Å². The number of carbonyl (C=O) groups excluding carboxylic acids is 1. The summed E-state index contributed by atoms with van der Waals surface area (Å²) in [7, 11) is 0.690. The first-order chi connectivity index (χ1) is 20.7. The molecule has 2 saturated heterocycles. The number of benzene rings is 2. The number of methoxy groups -OCH3 is 3. The fourth-order valence-corrected chi connectivity index (χ4v) is 7.14. The van der Waals surface area contributed by atoms with Gasteiger partial charge in [0, 0.05) is 6.54 Å². The lowest BCUT2D eigenvalue weighted by Crippen LogP contribution is -2.33. The molecule has 0 amide bonds. The van der Waals surface area contributed by atoms with Crippen LogP contribution in [0, 0.1) is 0 Å². The van der Waals surface area contributed by atoms with Crippen molar-refractivity contribution in [3.05, 3.63) is 35.4 Å². The van der Waals surface area contributed by atoms with Crippen LogP contribution >= 0.6 is 0 Å². The first-order valence-electron chi connectivity index (χ1n) is 15.0. The van der Waals surface area contributed by atoms with E-state index in [-0.39, 0.29) is 16.7 Å². The third-order valence-corrected chi connectivity index (χ3v) is 9.55. The van der Waals surface area contributed by atoms with E-state index < -0.39 is 27.5 Å². The summed E-state index contributed by atoms with van der Waals surface area (Å²) in [4.78, 5) is 14.3. The number of Topliss-reactive ketones (excluding diaryl/α,β-unsaturated/α-hetero) is 1. The fourth-order valence-electron chi connectivity index (χ4n) is 5.70. The van der Waals surface area contributed by atoms with Crippen LogP contribution in [0.3, 0.4) is 0 Å². The van der Waals surface area contributed by atoms with E-state index >= 15 is 0 Å². The van der Waals surface area contributed by atoms with Crippen LogP contribution in [0.5, 0.6) is 28.7 Å². The summed E-state index contributed by atoms with van der Waals surface area (Å²) in [5.74, 6) is 1.00. The highest BCUT2D eigenvalue weighted by atomic mass is 32.2. The predicted molar refractivity (Wildman–Crippen MR) is 163 cm³/mol. The van der Waals surface area contributed by atoms with Gasteiger partial charge in [-0.15, -0.1) is 0 Å². The number of ether oxygens (including phenoxy) is 6. The lowest BCUT2D eigenvalue weighted by atomic mass is 10.0. The molecule has 238 valence electrons. The number of ketones is 1. The molecule has 11 heteroatoms. The van der Waals surface area contributed by atoms with Crippen LogP contribution in [-0.4, -0.2) is 79.0 Å². The summed E-state index contributed by atoms with van der Waals surface area (Å²) in [5.41, 5.74) is 1.52. The normalized spacial score (nSPS) is 19.2. The molecule has 0 unspecified atom stereocenters. The molecule has 2 atom stereocenters. The van der Waals surface area contributed by atoms with Gasteiger partial charge in [0.15, 0.2) is 32.8 Å². The van der Waals surface area contributed by atoms with Gasteiger partial charge in [0.25, 0.3) is 0 Å². The maximum Gasteiger partial charge on any atom is 0.203 e. The molecule has 0 N–H and O–H groups in total. The molecule has 2 fully saturated rings. The van der Waals surface area contributed by atoms with Crippen LogP contribution < -0.4 is 23.7 Å². The fraction of sp³-hybridized carbons (Fsp3) is 0.594. The number of hydrogen-bond donors (Lipinski definition) is 0. The number of carbonyl (C=O) groups is 1. The number of nitrogens with zero attached hydrogens (tertiary/aromatic N) is 1. The van der Waals surface area contributed by atoms with Gasteiger partial charge < -0.3 is 28.4 Å². The summed E-state index contributed by atoms with van der Waals surface area (Å²) in [5, 5.41) is 0. The molecule has 4 rings (SSSR count). The van der Waals surface area contributed by atoms with Crippen molar-refractivity contribution in [3.63, 3.8) is 0 Å². The van der Waals surface area contributed by atoms with Gasteiger partial charge in [0.1, 0.15) is 23.0 Å². The molecule has 0 saturated carbocycles. The minimum Gasteiger partial charge on any atom is -0.493 e. The Morgan fingerprint density at radius 1 is 0.837 bits per heavy atom. The van der Waals surface area contributed by atoms with Crippen LogP contribution in [0.4, 0.5) is 0 Å². The number of rotatable bonds is 15. The van der Waals surface area contributed by atoms with Crippen LogP contribution in [0.2, 0.25) is 0 Å². The second kappa shape index (κ2) is 15.1. The molecule has 2 aliphatic heterocycles. The van der Waals surface area contributed by atoms with E-state index in [9.17, 15) is 13.2 Å². The third-order valence-electron chi connectivity index (χ3n) is 7.79. The largest absolute Gasteiger partial charge is 0.493 e. The van der Waals surface area contributed by atoms with Gasteiger partial charge in [-0.1, -0.05) is 13.3 Å². The van der Waals surface area contributed by atoms with Crippen LogP contribution in [-0.2, 0) is 19.4 Å². The van der Waals surface area contributed by atoms with Crippen molar-refractivity contribution in [3.8, 4) is 28.7 Å². The molecule has 2 aliphatic rings. The van der Waals surface area contributed by atoms with E-state index in [0.29, 0.717) is 61.0 Å². The second-order valence-corrected chi connectivity index (χ2v) is 13.0. The Bertz CT molecular complexity index is 1330. The van der Waals surface area contributed by atoms with Crippen LogP contribution in [0.25, 0.3) is 0 Å². The zero-order chi connectivity index (χ0) is 31.0. The van der Waals surface area contributed by atoms with Gasteiger partial charge in [0.05, 0.1) is 40.1 Å². The topological polar surface area (TPSA) is 110 Å². The van der Waals surface area contributed by atoms with Crippen molar-refractivity contribution in [1.29, 1.82) is 0 Å². The summed E-state index contributed by atoms with van der Waals surface area (Å²) in [6.07, 6.45) is 4.91. The zero-order valence-electron chi connectivity index (χ0n) is 26.0. The molecule has 0 spiro atoms. The molecule has 2 aromatic carbocycles. The Labute approximate surface area is 255 Å². The maximum absolute atomic E-state index is 13.5. The number of piperidine rings is 1. The Morgan fingerprint density at radius 2 is 1.44 bits per heavy atom. The van der Waals surface area contributed by atoms with E-state index in [1.54, 1.807) is 27.4 Å². The van der Waals surface area contributed by atoms with Crippen molar-refractivity contribution >= 4 is 15.6 Å². The summed E-state index contributed by atoms with van der Waals surface area (Å²) in [6, 6.07) is 7.15. The molecule has 2 heterocycles. The van der Waals surface area contributed by atoms with E-state index in [1.165, 1.54) is 26.2 Å². The first kappa shape index (κ1) is 32.9. The zero-order valence-corrected chi connectivity index (χ0v) is 26.8.